The molecule has 1 N–H and O–H groups in total. The predicted octanol–water partition coefficient (Wildman–Crippen LogP) is 2.44. The van der Waals surface area contributed by atoms with Crippen molar-refractivity contribution in [2.24, 2.45) is 5.41 Å². The summed E-state index contributed by atoms with van der Waals surface area (Å²) in [7, 11) is 0. The Hall–Kier alpha value is -1.79. The number of piperidine rings is 1. The zero-order valence-corrected chi connectivity index (χ0v) is 16.3. The second-order valence-electron chi connectivity index (χ2n) is 7.59. The summed E-state index contributed by atoms with van der Waals surface area (Å²) < 4.78 is 11.0. The van der Waals surface area contributed by atoms with Gasteiger partial charge in [0, 0.05) is 38.0 Å². The number of carbonyl (C=O) groups excluding carboxylic acids is 2. The third kappa shape index (κ3) is 4.38. The molecule has 2 saturated heterocycles. The van der Waals surface area contributed by atoms with Gasteiger partial charge in [-0.1, -0.05) is 0 Å². The van der Waals surface area contributed by atoms with Gasteiger partial charge >= 0.3 is 0 Å². The van der Waals surface area contributed by atoms with E-state index in [2.05, 4.69) is 5.32 Å². The molecule has 6 nitrogen and oxygen atoms in total. The van der Waals surface area contributed by atoms with E-state index in [0.29, 0.717) is 35.7 Å². The molecule has 2 fully saturated rings. The topological polar surface area (TPSA) is 67.9 Å². The molecule has 1 amide bonds. The van der Waals surface area contributed by atoms with E-state index in [1.807, 2.05) is 4.90 Å². The fourth-order valence-electron chi connectivity index (χ4n) is 4.19. The van der Waals surface area contributed by atoms with Crippen LogP contribution in [0.3, 0.4) is 0 Å². The lowest BCUT2D eigenvalue weighted by Gasteiger charge is -2.39. The molecular weight excluding hydrogens is 368 g/mol. The van der Waals surface area contributed by atoms with Gasteiger partial charge < -0.3 is 19.7 Å². The summed E-state index contributed by atoms with van der Waals surface area (Å²) in [5.74, 6) is 1.35. The van der Waals surface area contributed by atoms with Gasteiger partial charge in [0.05, 0.1) is 0 Å². The van der Waals surface area contributed by atoms with E-state index in [0.717, 1.165) is 39.0 Å². The minimum atomic E-state index is -0.0243. The third-order valence-electron chi connectivity index (χ3n) is 5.94. The van der Waals surface area contributed by atoms with E-state index < -0.39 is 0 Å². The molecule has 1 spiro atoms. The fourth-order valence-corrected chi connectivity index (χ4v) is 4.19. The molecule has 0 radical (unpaired) electrons. The summed E-state index contributed by atoms with van der Waals surface area (Å²) in [6.07, 6.45) is 3.88. The number of fused-ring (bicyclic) bond motifs is 1. The zero-order valence-electron chi connectivity index (χ0n) is 15.5. The molecule has 0 bridgehead atoms. The van der Waals surface area contributed by atoms with Crippen LogP contribution in [0.15, 0.2) is 18.2 Å². The summed E-state index contributed by atoms with van der Waals surface area (Å²) in [5.41, 5.74) is 0.981. The van der Waals surface area contributed by atoms with Crippen molar-refractivity contribution in [3.05, 3.63) is 23.8 Å². The van der Waals surface area contributed by atoms with Gasteiger partial charge in [0.1, 0.15) is 13.2 Å². The van der Waals surface area contributed by atoms with Crippen molar-refractivity contribution in [2.75, 3.05) is 39.4 Å². The maximum atomic E-state index is 12.5. The van der Waals surface area contributed by atoms with Crippen molar-refractivity contribution in [2.45, 2.75) is 32.1 Å². The molecule has 3 heterocycles. The lowest BCUT2D eigenvalue weighted by Crippen LogP contribution is -2.44. The Labute approximate surface area is 166 Å². The molecule has 0 aromatic heterocycles. The highest BCUT2D eigenvalue weighted by molar-refractivity contribution is 5.98. The lowest BCUT2D eigenvalue weighted by atomic mass is 9.78. The molecule has 0 saturated carbocycles. The Morgan fingerprint density at radius 1 is 1.04 bits per heavy atom. The molecule has 1 aromatic carbocycles. The molecule has 1 aromatic rings. The van der Waals surface area contributed by atoms with Gasteiger partial charge in [0.25, 0.3) is 0 Å². The summed E-state index contributed by atoms with van der Waals surface area (Å²) in [6, 6.07) is 5.24. The number of hydrogen-bond donors (Lipinski definition) is 1. The smallest absolute Gasteiger partial charge is 0.223 e. The molecule has 3 aliphatic heterocycles. The number of hydrogen-bond acceptors (Lipinski definition) is 5. The number of amides is 1. The second kappa shape index (κ2) is 8.48. The van der Waals surface area contributed by atoms with Crippen LogP contribution in [0.25, 0.3) is 0 Å². The highest BCUT2D eigenvalue weighted by Crippen LogP contribution is 2.37. The summed E-state index contributed by atoms with van der Waals surface area (Å²) >= 11 is 0. The number of rotatable bonds is 4. The van der Waals surface area contributed by atoms with Crippen molar-refractivity contribution in [3.8, 4) is 11.5 Å². The standard InChI is InChI=1S/C20H26N2O4.ClH/c23-16(15-1-3-17-18(13-15)26-12-11-25-17)2-4-19(24)22-9-6-20(7-10-22)5-8-21-14-20;/h1,3,13,21H,2,4-12,14H2;1H. The molecule has 0 aliphatic carbocycles. The highest BCUT2D eigenvalue weighted by Gasteiger charge is 2.37. The number of nitrogens with one attached hydrogen (secondary N) is 1. The average molecular weight is 395 g/mol. The van der Waals surface area contributed by atoms with Crippen molar-refractivity contribution >= 4 is 24.1 Å². The molecule has 27 heavy (non-hydrogen) atoms. The number of ketones is 1. The van der Waals surface area contributed by atoms with Crippen LogP contribution in [0.5, 0.6) is 11.5 Å². The third-order valence-corrected chi connectivity index (χ3v) is 5.94. The number of carbonyl (C=O) groups is 2. The van der Waals surface area contributed by atoms with Crippen LogP contribution in [0.4, 0.5) is 0 Å². The fraction of sp³-hybridized carbons (Fsp3) is 0.600. The van der Waals surface area contributed by atoms with E-state index in [4.69, 9.17) is 9.47 Å². The maximum Gasteiger partial charge on any atom is 0.223 e. The van der Waals surface area contributed by atoms with Gasteiger partial charge in [-0.3, -0.25) is 9.59 Å². The molecule has 0 unspecified atom stereocenters. The van der Waals surface area contributed by atoms with E-state index in [-0.39, 0.29) is 36.9 Å². The van der Waals surface area contributed by atoms with Gasteiger partial charge in [0.15, 0.2) is 17.3 Å². The number of likely N-dealkylation sites (tertiary alicyclic amines) is 1. The SMILES string of the molecule is Cl.O=C(CCC(=O)N1CCC2(CCNC2)CC1)c1ccc2c(c1)OCCO2. The first-order chi connectivity index (χ1) is 12.7. The Balaban J connectivity index is 0.00000210. The first-order valence-electron chi connectivity index (χ1n) is 9.57. The molecule has 7 heteroatoms. The summed E-state index contributed by atoms with van der Waals surface area (Å²) in [5, 5.41) is 3.44. The van der Waals surface area contributed by atoms with E-state index >= 15 is 0 Å². The second-order valence-corrected chi connectivity index (χ2v) is 7.59. The van der Waals surface area contributed by atoms with Gasteiger partial charge in [-0.05, 0) is 49.4 Å². The van der Waals surface area contributed by atoms with Crippen molar-refractivity contribution < 1.29 is 19.1 Å². The van der Waals surface area contributed by atoms with Crippen LogP contribution in [0, 0.1) is 5.41 Å². The van der Waals surface area contributed by atoms with E-state index in [1.54, 1.807) is 18.2 Å². The van der Waals surface area contributed by atoms with Gasteiger partial charge in [-0.2, -0.15) is 0 Å². The van der Waals surface area contributed by atoms with Crippen LogP contribution in [-0.2, 0) is 4.79 Å². The number of ether oxygens (including phenoxy) is 2. The van der Waals surface area contributed by atoms with E-state index in [9.17, 15) is 9.59 Å². The van der Waals surface area contributed by atoms with Gasteiger partial charge in [0.2, 0.25) is 5.91 Å². The molecular formula is C20H27ClN2O4. The zero-order chi connectivity index (χ0) is 18.0. The Bertz CT molecular complexity index is 693. The summed E-state index contributed by atoms with van der Waals surface area (Å²) in [4.78, 5) is 26.9. The molecule has 4 rings (SSSR count). The number of nitrogens with zero attached hydrogens (tertiary/aromatic N) is 1. The number of benzene rings is 1. The minimum absolute atomic E-state index is 0. The Morgan fingerprint density at radius 3 is 2.48 bits per heavy atom. The number of halogens is 1. The van der Waals surface area contributed by atoms with Crippen LogP contribution in [0.1, 0.15) is 42.5 Å². The van der Waals surface area contributed by atoms with Gasteiger partial charge in [-0.25, -0.2) is 0 Å². The van der Waals surface area contributed by atoms with Crippen LogP contribution in [-0.4, -0.2) is 56.0 Å². The normalized spacial score (nSPS) is 20.2. The largest absolute Gasteiger partial charge is 0.486 e. The molecule has 0 atom stereocenters. The molecule has 148 valence electrons. The summed E-state index contributed by atoms with van der Waals surface area (Å²) in [6.45, 7) is 4.84. The quantitative estimate of drug-likeness (QED) is 0.794. The minimum Gasteiger partial charge on any atom is -0.486 e. The Kier molecular flexibility index (Phi) is 6.27. The predicted molar refractivity (Wildman–Crippen MR) is 104 cm³/mol. The van der Waals surface area contributed by atoms with Crippen molar-refractivity contribution in [1.29, 1.82) is 0 Å². The van der Waals surface area contributed by atoms with Crippen LogP contribution >= 0.6 is 12.4 Å². The first-order valence-corrected chi connectivity index (χ1v) is 9.57. The Morgan fingerprint density at radius 2 is 1.78 bits per heavy atom. The highest BCUT2D eigenvalue weighted by atomic mass is 35.5. The monoisotopic (exact) mass is 394 g/mol. The van der Waals surface area contributed by atoms with Crippen molar-refractivity contribution in [3.63, 3.8) is 0 Å². The van der Waals surface area contributed by atoms with E-state index in [1.165, 1.54) is 6.42 Å². The first kappa shape index (κ1) is 20.0. The number of Topliss-reactive ketones (excluding diaryl/α,β-unsaturated/α-hetero) is 1. The van der Waals surface area contributed by atoms with Crippen molar-refractivity contribution in [1.82, 2.24) is 10.2 Å². The van der Waals surface area contributed by atoms with Gasteiger partial charge in [-0.15, -0.1) is 12.4 Å². The maximum absolute atomic E-state index is 12.5. The average Bonchev–Trinajstić information content (AvgIpc) is 3.14. The van der Waals surface area contributed by atoms with Crippen LogP contribution in [0.2, 0.25) is 0 Å². The lowest BCUT2D eigenvalue weighted by molar-refractivity contribution is -0.133. The molecule has 3 aliphatic rings. The van der Waals surface area contributed by atoms with Crippen LogP contribution < -0.4 is 14.8 Å².